The SMILES string of the molecule is CC1(C)O[C@@H]1Cc1ccc2c(C[C@H]3OC3(C)C)c[nH]c2c1. The maximum atomic E-state index is 5.70. The minimum absolute atomic E-state index is 0.0540. The standard InChI is InChI=1S/C18H23NO2/c1-17(2)15(20-17)8-11-5-6-13-12(10-19-14(13)7-11)9-16-18(3,4)21-16/h5-7,10,15-16,19H,8-9H2,1-4H3/t15-,16-/m1/s1. The molecular weight excluding hydrogens is 262 g/mol. The summed E-state index contributed by atoms with van der Waals surface area (Å²) in [5.41, 5.74) is 4.03. The van der Waals surface area contributed by atoms with Gasteiger partial charge in [-0.05, 0) is 44.9 Å². The van der Waals surface area contributed by atoms with E-state index in [9.17, 15) is 0 Å². The van der Waals surface area contributed by atoms with Gasteiger partial charge in [0.15, 0.2) is 0 Å². The van der Waals surface area contributed by atoms with Crippen LogP contribution in [0.2, 0.25) is 0 Å². The first-order chi connectivity index (χ1) is 9.85. The van der Waals surface area contributed by atoms with Gasteiger partial charge in [0.05, 0.1) is 23.4 Å². The van der Waals surface area contributed by atoms with Gasteiger partial charge in [-0.25, -0.2) is 0 Å². The number of fused-ring (bicyclic) bond motifs is 1. The van der Waals surface area contributed by atoms with E-state index in [1.54, 1.807) is 0 Å². The molecule has 1 aromatic carbocycles. The lowest BCUT2D eigenvalue weighted by Gasteiger charge is -2.02. The zero-order chi connectivity index (χ0) is 14.8. The maximum absolute atomic E-state index is 5.70. The number of hydrogen-bond acceptors (Lipinski definition) is 2. The van der Waals surface area contributed by atoms with Gasteiger partial charge in [-0.15, -0.1) is 0 Å². The van der Waals surface area contributed by atoms with Crippen molar-refractivity contribution >= 4 is 10.9 Å². The fourth-order valence-electron chi connectivity index (χ4n) is 3.18. The number of nitrogens with one attached hydrogen (secondary N) is 1. The van der Waals surface area contributed by atoms with Gasteiger partial charge in [0.2, 0.25) is 0 Å². The van der Waals surface area contributed by atoms with Gasteiger partial charge in [-0.1, -0.05) is 12.1 Å². The van der Waals surface area contributed by atoms with Crippen molar-refractivity contribution < 1.29 is 9.47 Å². The van der Waals surface area contributed by atoms with Crippen LogP contribution in [0.1, 0.15) is 38.8 Å². The Balaban J connectivity index is 1.53. The molecule has 0 spiro atoms. The van der Waals surface area contributed by atoms with Gasteiger partial charge in [0.25, 0.3) is 0 Å². The fraction of sp³-hybridized carbons (Fsp3) is 0.556. The number of aromatic nitrogens is 1. The average molecular weight is 285 g/mol. The maximum Gasteiger partial charge on any atom is 0.0908 e. The van der Waals surface area contributed by atoms with Gasteiger partial charge < -0.3 is 14.5 Å². The minimum Gasteiger partial charge on any atom is -0.366 e. The quantitative estimate of drug-likeness (QED) is 0.872. The van der Waals surface area contributed by atoms with Crippen molar-refractivity contribution in [3.8, 4) is 0 Å². The second-order valence-corrected chi connectivity index (χ2v) is 7.52. The molecule has 1 aromatic heterocycles. The fourth-order valence-corrected chi connectivity index (χ4v) is 3.18. The number of aromatic amines is 1. The molecular formula is C18H23NO2. The Bertz CT molecular complexity index is 698. The summed E-state index contributed by atoms with van der Waals surface area (Å²) in [4.78, 5) is 3.41. The molecule has 3 nitrogen and oxygen atoms in total. The molecule has 0 bridgehead atoms. The van der Waals surface area contributed by atoms with E-state index in [2.05, 4.69) is 57.1 Å². The van der Waals surface area contributed by atoms with Crippen molar-refractivity contribution in [1.29, 1.82) is 0 Å². The second kappa shape index (κ2) is 4.11. The molecule has 2 aromatic rings. The van der Waals surface area contributed by atoms with Crippen molar-refractivity contribution in [1.82, 2.24) is 4.98 Å². The summed E-state index contributed by atoms with van der Waals surface area (Å²) in [6.07, 6.45) is 4.84. The molecule has 0 amide bonds. The number of epoxide rings is 2. The third-order valence-corrected chi connectivity index (χ3v) is 4.99. The Morgan fingerprint density at radius 1 is 1.00 bits per heavy atom. The van der Waals surface area contributed by atoms with Crippen molar-refractivity contribution in [3.05, 3.63) is 35.5 Å². The van der Waals surface area contributed by atoms with Crippen LogP contribution in [0.4, 0.5) is 0 Å². The summed E-state index contributed by atoms with van der Waals surface area (Å²) in [6, 6.07) is 6.73. The number of ether oxygens (including phenoxy) is 2. The molecule has 2 fully saturated rings. The normalized spacial score (nSPS) is 28.8. The van der Waals surface area contributed by atoms with E-state index in [-0.39, 0.29) is 11.2 Å². The molecule has 21 heavy (non-hydrogen) atoms. The van der Waals surface area contributed by atoms with Crippen LogP contribution in [0, 0.1) is 0 Å². The smallest absolute Gasteiger partial charge is 0.0908 e. The molecule has 112 valence electrons. The topological polar surface area (TPSA) is 40.8 Å². The summed E-state index contributed by atoms with van der Waals surface area (Å²) in [6.45, 7) is 8.62. The number of H-pyrrole nitrogens is 1. The van der Waals surface area contributed by atoms with Crippen molar-refractivity contribution in [3.63, 3.8) is 0 Å². The summed E-state index contributed by atoms with van der Waals surface area (Å²) in [5.74, 6) is 0. The molecule has 4 rings (SSSR count). The highest BCUT2D eigenvalue weighted by molar-refractivity contribution is 5.84. The highest BCUT2D eigenvalue weighted by atomic mass is 16.6. The van der Waals surface area contributed by atoms with E-state index in [1.807, 2.05) is 0 Å². The molecule has 3 heteroatoms. The molecule has 2 atom stereocenters. The van der Waals surface area contributed by atoms with Crippen molar-refractivity contribution in [2.24, 2.45) is 0 Å². The van der Waals surface area contributed by atoms with Gasteiger partial charge in [-0.2, -0.15) is 0 Å². The molecule has 2 aliphatic heterocycles. The monoisotopic (exact) mass is 285 g/mol. The van der Waals surface area contributed by atoms with Crippen LogP contribution in [0.15, 0.2) is 24.4 Å². The van der Waals surface area contributed by atoms with E-state index in [0.29, 0.717) is 12.2 Å². The van der Waals surface area contributed by atoms with Crippen LogP contribution >= 0.6 is 0 Å². The first-order valence-corrected chi connectivity index (χ1v) is 7.80. The van der Waals surface area contributed by atoms with Gasteiger partial charge in [0, 0.05) is 29.9 Å². The van der Waals surface area contributed by atoms with E-state index in [0.717, 1.165) is 12.8 Å². The highest BCUT2D eigenvalue weighted by Gasteiger charge is 2.48. The lowest BCUT2D eigenvalue weighted by Crippen LogP contribution is -2.06. The molecule has 2 aliphatic rings. The number of benzene rings is 1. The Morgan fingerprint density at radius 2 is 1.62 bits per heavy atom. The molecule has 3 heterocycles. The lowest BCUT2D eigenvalue weighted by atomic mass is 9.99. The summed E-state index contributed by atoms with van der Waals surface area (Å²) >= 11 is 0. The predicted molar refractivity (Wildman–Crippen MR) is 83.6 cm³/mol. The number of rotatable bonds is 4. The summed E-state index contributed by atoms with van der Waals surface area (Å²) in [5, 5.41) is 1.32. The Kier molecular flexibility index (Phi) is 2.61. The largest absolute Gasteiger partial charge is 0.366 e. The van der Waals surface area contributed by atoms with Crippen molar-refractivity contribution in [2.45, 2.75) is 63.9 Å². The van der Waals surface area contributed by atoms with Crippen LogP contribution in [-0.2, 0) is 22.3 Å². The summed E-state index contributed by atoms with van der Waals surface area (Å²) < 4.78 is 11.4. The molecule has 1 N–H and O–H groups in total. The van der Waals surface area contributed by atoms with E-state index >= 15 is 0 Å². The summed E-state index contributed by atoms with van der Waals surface area (Å²) in [7, 11) is 0. The zero-order valence-corrected chi connectivity index (χ0v) is 13.2. The third-order valence-electron chi connectivity index (χ3n) is 4.99. The van der Waals surface area contributed by atoms with Crippen molar-refractivity contribution in [2.75, 3.05) is 0 Å². The molecule has 0 radical (unpaired) electrons. The van der Waals surface area contributed by atoms with Crippen LogP contribution in [0.5, 0.6) is 0 Å². The Labute approximate surface area is 125 Å². The molecule has 2 saturated heterocycles. The van der Waals surface area contributed by atoms with Gasteiger partial charge in [-0.3, -0.25) is 0 Å². The minimum atomic E-state index is 0.0540. The van der Waals surface area contributed by atoms with Crippen LogP contribution in [0.25, 0.3) is 10.9 Å². The van der Waals surface area contributed by atoms with Gasteiger partial charge >= 0.3 is 0 Å². The molecule has 0 saturated carbocycles. The number of hydrogen-bond donors (Lipinski definition) is 1. The third kappa shape index (κ3) is 2.39. The average Bonchev–Trinajstić information content (AvgIpc) is 3.11. The van der Waals surface area contributed by atoms with Crippen LogP contribution in [0.3, 0.4) is 0 Å². The van der Waals surface area contributed by atoms with Crippen LogP contribution < -0.4 is 0 Å². The zero-order valence-electron chi connectivity index (χ0n) is 13.2. The molecule has 0 aliphatic carbocycles. The molecule has 0 unspecified atom stereocenters. The van der Waals surface area contributed by atoms with E-state index < -0.39 is 0 Å². The Hall–Kier alpha value is -1.32. The van der Waals surface area contributed by atoms with E-state index in [4.69, 9.17) is 9.47 Å². The lowest BCUT2D eigenvalue weighted by molar-refractivity contribution is 0.323. The second-order valence-electron chi connectivity index (χ2n) is 7.52. The Morgan fingerprint density at radius 3 is 2.24 bits per heavy atom. The predicted octanol–water partition coefficient (Wildman–Crippen LogP) is 3.61. The van der Waals surface area contributed by atoms with Crippen LogP contribution in [-0.4, -0.2) is 28.4 Å². The first-order valence-electron chi connectivity index (χ1n) is 7.80. The van der Waals surface area contributed by atoms with Gasteiger partial charge in [0.1, 0.15) is 0 Å². The van der Waals surface area contributed by atoms with E-state index in [1.165, 1.54) is 22.0 Å². The first kappa shape index (κ1) is 13.4. The highest BCUT2D eigenvalue weighted by Crippen LogP contribution is 2.40.